The van der Waals surface area contributed by atoms with Crippen LogP contribution in [-0.2, 0) is 20.5 Å². The molecule has 1 saturated heterocycles. The third kappa shape index (κ3) is 5.97. The predicted molar refractivity (Wildman–Crippen MR) is 94.4 cm³/mol. The zero-order chi connectivity index (χ0) is 20.7. The van der Waals surface area contributed by atoms with Crippen LogP contribution in [0.4, 0.5) is 13.2 Å². The van der Waals surface area contributed by atoms with Gasteiger partial charge in [-0.25, -0.2) is 0 Å². The fourth-order valence-corrected chi connectivity index (χ4v) is 3.06. The number of rotatable bonds is 6. The van der Waals surface area contributed by atoms with Crippen molar-refractivity contribution in [2.24, 2.45) is 0 Å². The zero-order valence-corrected chi connectivity index (χ0v) is 15.6. The van der Waals surface area contributed by atoms with Crippen LogP contribution < -0.4 is 5.32 Å². The van der Waals surface area contributed by atoms with E-state index in [2.05, 4.69) is 5.32 Å². The highest BCUT2D eigenvalue weighted by Crippen LogP contribution is 2.31. The van der Waals surface area contributed by atoms with Crippen LogP contribution in [0.2, 0.25) is 0 Å². The van der Waals surface area contributed by atoms with E-state index in [0.29, 0.717) is 25.9 Å². The molecule has 0 radical (unpaired) electrons. The van der Waals surface area contributed by atoms with Crippen molar-refractivity contribution in [1.82, 2.24) is 10.2 Å². The van der Waals surface area contributed by atoms with Gasteiger partial charge in [0.15, 0.2) is 0 Å². The second-order valence-corrected chi connectivity index (χ2v) is 6.48. The van der Waals surface area contributed by atoms with E-state index < -0.39 is 29.2 Å². The van der Waals surface area contributed by atoms with Crippen molar-refractivity contribution in [3.63, 3.8) is 0 Å². The quantitative estimate of drug-likeness (QED) is 0.745. The number of nitrogens with one attached hydrogen (secondary N) is 1. The molecule has 1 fully saturated rings. The Kier molecular flexibility index (Phi) is 7.42. The van der Waals surface area contributed by atoms with Crippen molar-refractivity contribution in [3.05, 3.63) is 35.4 Å². The first-order valence-corrected chi connectivity index (χ1v) is 9.12. The largest absolute Gasteiger partial charge is 0.466 e. The molecule has 9 heteroatoms. The SMILES string of the molecule is CCOC(=O)CCC(=O)N1CCC(NC(=O)c2ccccc2C(F)(F)F)CC1. The van der Waals surface area contributed by atoms with Gasteiger partial charge in [-0.05, 0) is 31.9 Å². The second-order valence-electron chi connectivity index (χ2n) is 6.48. The Morgan fingerprint density at radius 3 is 2.39 bits per heavy atom. The van der Waals surface area contributed by atoms with Gasteiger partial charge < -0.3 is 15.0 Å². The number of hydrogen-bond acceptors (Lipinski definition) is 4. The Labute approximate surface area is 161 Å². The number of likely N-dealkylation sites (tertiary alicyclic amines) is 1. The van der Waals surface area contributed by atoms with Crippen LogP contribution in [0.3, 0.4) is 0 Å². The van der Waals surface area contributed by atoms with Crippen LogP contribution in [0.1, 0.15) is 48.5 Å². The topological polar surface area (TPSA) is 75.7 Å². The molecule has 1 aliphatic heterocycles. The fraction of sp³-hybridized carbons (Fsp3) is 0.526. The van der Waals surface area contributed by atoms with Gasteiger partial charge in [0.2, 0.25) is 5.91 Å². The van der Waals surface area contributed by atoms with Crippen molar-refractivity contribution >= 4 is 17.8 Å². The van der Waals surface area contributed by atoms with Gasteiger partial charge in [0, 0.05) is 25.6 Å². The summed E-state index contributed by atoms with van der Waals surface area (Å²) in [5, 5.41) is 2.62. The molecular weight excluding hydrogens is 377 g/mol. The number of amides is 2. The van der Waals surface area contributed by atoms with Crippen LogP contribution >= 0.6 is 0 Å². The molecule has 0 spiro atoms. The summed E-state index contributed by atoms with van der Waals surface area (Å²) in [6.45, 7) is 2.68. The molecule has 2 amide bonds. The van der Waals surface area contributed by atoms with E-state index in [4.69, 9.17) is 4.74 Å². The van der Waals surface area contributed by atoms with E-state index in [9.17, 15) is 27.6 Å². The molecule has 0 bridgehead atoms. The molecule has 1 N–H and O–H groups in total. The van der Waals surface area contributed by atoms with Crippen LogP contribution in [0.15, 0.2) is 24.3 Å². The minimum atomic E-state index is -4.61. The molecule has 0 unspecified atom stereocenters. The van der Waals surface area contributed by atoms with Crippen LogP contribution in [0, 0.1) is 0 Å². The van der Waals surface area contributed by atoms with E-state index in [1.165, 1.54) is 12.1 Å². The third-order valence-corrected chi connectivity index (χ3v) is 4.51. The van der Waals surface area contributed by atoms with Gasteiger partial charge in [0.25, 0.3) is 5.91 Å². The molecule has 0 atom stereocenters. The van der Waals surface area contributed by atoms with E-state index in [1.54, 1.807) is 11.8 Å². The van der Waals surface area contributed by atoms with Crippen LogP contribution in [0.5, 0.6) is 0 Å². The van der Waals surface area contributed by atoms with Crippen LogP contribution in [0.25, 0.3) is 0 Å². The lowest BCUT2D eigenvalue weighted by atomic mass is 10.0. The van der Waals surface area contributed by atoms with Gasteiger partial charge in [-0.3, -0.25) is 14.4 Å². The Morgan fingerprint density at radius 2 is 1.79 bits per heavy atom. The smallest absolute Gasteiger partial charge is 0.417 e. The Hall–Kier alpha value is -2.58. The predicted octanol–water partition coefficient (Wildman–Crippen LogP) is 2.77. The average molecular weight is 400 g/mol. The number of alkyl halides is 3. The first-order valence-electron chi connectivity index (χ1n) is 9.12. The molecule has 6 nitrogen and oxygen atoms in total. The van der Waals surface area contributed by atoms with Gasteiger partial charge >= 0.3 is 12.1 Å². The monoisotopic (exact) mass is 400 g/mol. The second kappa shape index (κ2) is 9.57. The van der Waals surface area contributed by atoms with Crippen LogP contribution in [-0.4, -0.2) is 48.4 Å². The molecule has 1 aromatic carbocycles. The Balaban J connectivity index is 1.85. The highest BCUT2D eigenvalue weighted by molar-refractivity contribution is 5.96. The van der Waals surface area contributed by atoms with E-state index in [0.717, 1.165) is 12.1 Å². The van der Waals surface area contributed by atoms with Crippen molar-refractivity contribution in [2.45, 2.75) is 44.8 Å². The molecule has 1 aliphatic rings. The molecule has 154 valence electrons. The molecule has 28 heavy (non-hydrogen) atoms. The molecular formula is C19H23F3N2O4. The number of hydrogen-bond donors (Lipinski definition) is 1. The maximum absolute atomic E-state index is 13.0. The van der Waals surface area contributed by atoms with Crippen molar-refractivity contribution in [2.75, 3.05) is 19.7 Å². The van der Waals surface area contributed by atoms with Gasteiger partial charge in [0.05, 0.1) is 24.2 Å². The molecule has 2 rings (SSSR count). The van der Waals surface area contributed by atoms with E-state index in [-0.39, 0.29) is 31.4 Å². The maximum Gasteiger partial charge on any atom is 0.417 e. The summed E-state index contributed by atoms with van der Waals surface area (Å²) in [5.41, 5.74) is -1.39. The minimum Gasteiger partial charge on any atom is -0.466 e. The number of carbonyl (C=O) groups excluding carboxylic acids is 3. The summed E-state index contributed by atoms with van der Waals surface area (Å²) >= 11 is 0. The summed E-state index contributed by atoms with van der Waals surface area (Å²) < 4.78 is 43.9. The number of nitrogens with zero attached hydrogens (tertiary/aromatic N) is 1. The van der Waals surface area contributed by atoms with Gasteiger partial charge in [-0.2, -0.15) is 13.2 Å². The molecule has 0 aliphatic carbocycles. The highest BCUT2D eigenvalue weighted by atomic mass is 19.4. The Bertz CT molecular complexity index is 713. The number of ether oxygens (including phenoxy) is 1. The maximum atomic E-state index is 13.0. The van der Waals surface area contributed by atoms with Crippen molar-refractivity contribution in [3.8, 4) is 0 Å². The summed E-state index contributed by atoms with van der Waals surface area (Å²) in [6.07, 6.45) is -3.68. The highest BCUT2D eigenvalue weighted by Gasteiger charge is 2.35. The van der Waals surface area contributed by atoms with E-state index in [1.807, 2.05) is 0 Å². The fourth-order valence-electron chi connectivity index (χ4n) is 3.06. The molecule has 1 aromatic rings. The summed E-state index contributed by atoms with van der Waals surface area (Å²) in [4.78, 5) is 37.3. The summed E-state index contributed by atoms with van der Waals surface area (Å²) in [6, 6.07) is 4.32. The number of piperidine rings is 1. The van der Waals surface area contributed by atoms with Gasteiger partial charge in [0.1, 0.15) is 0 Å². The first kappa shape index (κ1) is 21.7. The number of halogens is 3. The lowest BCUT2D eigenvalue weighted by Crippen LogP contribution is -2.46. The van der Waals surface area contributed by atoms with Crippen molar-refractivity contribution in [1.29, 1.82) is 0 Å². The van der Waals surface area contributed by atoms with Gasteiger partial charge in [-0.15, -0.1) is 0 Å². The number of carbonyl (C=O) groups is 3. The summed E-state index contributed by atoms with van der Waals surface area (Å²) in [5.74, 6) is -1.39. The third-order valence-electron chi connectivity index (χ3n) is 4.51. The van der Waals surface area contributed by atoms with Gasteiger partial charge in [-0.1, -0.05) is 12.1 Å². The summed E-state index contributed by atoms with van der Waals surface area (Å²) in [7, 11) is 0. The molecule has 0 aromatic heterocycles. The molecule has 1 heterocycles. The lowest BCUT2D eigenvalue weighted by Gasteiger charge is -2.32. The Morgan fingerprint density at radius 1 is 1.14 bits per heavy atom. The zero-order valence-electron chi connectivity index (χ0n) is 15.6. The molecule has 0 saturated carbocycles. The lowest BCUT2D eigenvalue weighted by molar-refractivity contribution is -0.146. The normalized spacial score (nSPS) is 15.2. The number of benzene rings is 1. The average Bonchev–Trinajstić information content (AvgIpc) is 2.66. The minimum absolute atomic E-state index is 0.0115. The first-order chi connectivity index (χ1) is 13.2. The van der Waals surface area contributed by atoms with E-state index >= 15 is 0 Å². The standard InChI is InChI=1S/C19H23F3N2O4/c1-2-28-17(26)8-7-16(25)24-11-9-13(10-12-24)23-18(27)14-5-3-4-6-15(14)19(20,21)22/h3-6,13H,2,7-12H2,1H3,(H,23,27). The number of esters is 1. The van der Waals surface area contributed by atoms with Crippen molar-refractivity contribution < 1.29 is 32.3 Å².